The van der Waals surface area contributed by atoms with Gasteiger partial charge in [-0.25, -0.2) is 0 Å². The van der Waals surface area contributed by atoms with E-state index in [9.17, 15) is 0 Å². The zero-order chi connectivity index (χ0) is 11.1. The SMILES string of the molecule is CC(C)COCCn1ccc(CCN)c1. The third-order valence-electron chi connectivity index (χ3n) is 2.19. The van der Waals surface area contributed by atoms with Crippen LogP contribution in [-0.2, 0) is 17.7 Å². The van der Waals surface area contributed by atoms with Crippen LogP contribution in [0.15, 0.2) is 18.5 Å². The summed E-state index contributed by atoms with van der Waals surface area (Å²) in [4.78, 5) is 0. The Morgan fingerprint density at radius 2 is 2.27 bits per heavy atom. The predicted molar refractivity (Wildman–Crippen MR) is 62.8 cm³/mol. The second-order valence-corrected chi connectivity index (χ2v) is 4.27. The van der Waals surface area contributed by atoms with Gasteiger partial charge in [0.1, 0.15) is 0 Å². The molecule has 2 N–H and O–H groups in total. The number of hydrogen-bond acceptors (Lipinski definition) is 2. The van der Waals surface area contributed by atoms with Gasteiger partial charge in [0.05, 0.1) is 6.61 Å². The highest BCUT2D eigenvalue weighted by atomic mass is 16.5. The van der Waals surface area contributed by atoms with E-state index < -0.39 is 0 Å². The van der Waals surface area contributed by atoms with Crippen molar-refractivity contribution in [2.45, 2.75) is 26.8 Å². The summed E-state index contributed by atoms with van der Waals surface area (Å²) < 4.78 is 7.68. The number of rotatable bonds is 7. The van der Waals surface area contributed by atoms with Crippen molar-refractivity contribution >= 4 is 0 Å². The first-order valence-corrected chi connectivity index (χ1v) is 5.65. The van der Waals surface area contributed by atoms with Gasteiger partial charge in [-0.3, -0.25) is 0 Å². The fraction of sp³-hybridized carbons (Fsp3) is 0.667. The summed E-state index contributed by atoms with van der Waals surface area (Å²) in [6, 6.07) is 2.12. The van der Waals surface area contributed by atoms with Crippen LogP contribution in [0.4, 0.5) is 0 Å². The summed E-state index contributed by atoms with van der Waals surface area (Å²) in [5.41, 5.74) is 6.80. The zero-order valence-corrected chi connectivity index (χ0v) is 9.78. The molecular formula is C12H22N2O. The summed E-state index contributed by atoms with van der Waals surface area (Å²) in [6.07, 6.45) is 5.19. The average molecular weight is 210 g/mol. The molecule has 15 heavy (non-hydrogen) atoms. The van der Waals surface area contributed by atoms with E-state index in [2.05, 4.69) is 36.9 Å². The van der Waals surface area contributed by atoms with Crippen LogP contribution >= 0.6 is 0 Å². The number of nitrogens with zero attached hydrogens (tertiary/aromatic N) is 1. The normalized spacial score (nSPS) is 11.2. The molecule has 0 amide bonds. The van der Waals surface area contributed by atoms with E-state index in [1.165, 1.54) is 5.56 Å². The Labute approximate surface area is 92.2 Å². The lowest BCUT2D eigenvalue weighted by atomic mass is 10.2. The molecule has 0 bridgehead atoms. The Hall–Kier alpha value is -0.800. The Balaban J connectivity index is 2.19. The van der Waals surface area contributed by atoms with Gasteiger partial charge in [0.25, 0.3) is 0 Å². The molecule has 0 aromatic carbocycles. The Bertz CT molecular complexity index is 268. The molecule has 0 saturated heterocycles. The Morgan fingerprint density at radius 3 is 2.93 bits per heavy atom. The van der Waals surface area contributed by atoms with E-state index >= 15 is 0 Å². The smallest absolute Gasteiger partial charge is 0.0645 e. The van der Waals surface area contributed by atoms with Crippen molar-refractivity contribution in [1.82, 2.24) is 4.57 Å². The van der Waals surface area contributed by atoms with Crippen molar-refractivity contribution in [2.24, 2.45) is 11.7 Å². The van der Waals surface area contributed by atoms with E-state index in [1.807, 2.05) is 0 Å². The van der Waals surface area contributed by atoms with Gasteiger partial charge < -0.3 is 15.0 Å². The van der Waals surface area contributed by atoms with Gasteiger partial charge in [-0.15, -0.1) is 0 Å². The lowest BCUT2D eigenvalue weighted by Crippen LogP contribution is -2.08. The van der Waals surface area contributed by atoms with Crippen LogP contribution in [0.5, 0.6) is 0 Å². The second kappa shape index (κ2) is 6.64. The highest BCUT2D eigenvalue weighted by Gasteiger charge is 1.97. The first-order chi connectivity index (χ1) is 7.22. The molecule has 0 radical (unpaired) electrons. The minimum Gasteiger partial charge on any atom is -0.379 e. The van der Waals surface area contributed by atoms with Crippen molar-refractivity contribution in [3.05, 3.63) is 24.0 Å². The average Bonchev–Trinajstić information content (AvgIpc) is 2.61. The molecule has 3 heteroatoms. The molecule has 0 saturated carbocycles. The Morgan fingerprint density at radius 1 is 1.47 bits per heavy atom. The largest absolute Gasteiger partial charge is 0.379 e. The first kappa shape index (κ1) is 12.3. The quantitative estimate of drug-likeness (QED) is 0.695. The zero-order valence-electron chi connectivity index (χ0n) is 9.78. The topological polar surface area (TPSA) is 40.2 Å². The van der Waals surface area contributed by atoms with Gasteiger partial charge in [-0.2, -0.15) is 0 Å². The lowest BCUT2D eigenvalue weighted by molar-refractivity contribution is 0.103. The monoisotopic (exact) mass is 210 g/mol. The molecule has 0 spiro atoms. The van der Waals surface area contributed by atoms with Crippen molar-refractivity contribution in [3.8, 4) is 0 Å². The predicted octanol–water partition coefficient (Wildman–Crippen LogP) is 1.66. The molecule has 0 fully saturated rings. The fourth-order valence-corrected chi connectivity index (χ4v) is 1.43. The van der Waals surface area contributed by atoms with E-state index in [0.29, 0.717) is 12.5 Å². The summed E-state index contributed by atoms with van der Waals surface area (Å²) in [7, 11) is 0. The molecule has 0 aliphatic carbocycles. The molecule has 1 aromatic heterocycles. The highest BCUT2D eigenvalue weighted by molar-refractivity contribution is 5.10. The van der Waals surface area contributed by atoms with Crippen LogP contribution in [0.3, 0.4) is 0 Å². The third kappa shape index (κ3) is 5.00. The standard InChI is InChI=1S/C12H22N2O/c1-11(2)10-15-8-7-14-6-4-12(9-14)3-5-13/h4,6,9,11H,3,5,7-8,10,13H2,1-2H3. The van der Waals surface area contributed by atoms with Gasteiger partial charge in [0, 0.05) is 25.5 Å². The maximum atomic E-state index is 5.52. The van der Waals surface area contributed by atoms with Crippen molar-refractivity contribution in [1.29, 1.82) is 0 Å². The molecule has 1 heterocycles. The molecule has 0 aliphatic heterocycles. The minimum atomic E-state index is 0.613. The van der Waals surface area contributed by atoms with Gasteiger partial charge in [-0.1, -0.05) is 13.8 Å². The van der Waals surface area contributed by atoms with Crippen LogP contribution in [0.2, 0.25) is 0 Å². The van der Waals surface area contributed by atoms with Gasteiger partial charge in [-0.05, 0) is 30.5 Å². The van der Waals surface area contributed by atoms with Crippen molar-refractivity contribution in [2.75, 3.05) is 19.8 Å². The molecular weight excluding hydrogens is 188 g/mol. The van der Waals surface area contributed by atoms with Gasteiger partial charge >= 0.3 is 0 Å². The Kier molecular flexibility index (Phi) is 5.43. The lowest BCUT2D eigenvalue weighted by Gasteiger charge is -2.07. The van der Waals surface area contributed by atoms with Crippen molar-refractivity contribution in [3.63, 3.8) is 0 Å². The summed E-state index contributed by atoms with van der Waals surface area (Å²) in [6.45, 7) is 7.60. The summed E-state index contributed by atoms with van der Waals surface area (Å²) in [5, 5.41) is 0. The maximum absolute atomic E-state index is 5.52. The molecule has 0 atom stereocenters. The third-order valence-corrected chi connectivity index (χ3v) is 2.19. The van der Waals surface area contributed by atoms with E-state index in [0.717, 1.165) is 26.2 Å². The molecule has 3 nitrogen and oxygen atoms in total. The summed E-state index contributed by atoms with van der Waals surface area (Å²) in [5.74, 6) is 0.613. The molecule has 1 rings (SSSR count). The van der Waals surface area contributed by atoms with Crippen LogP contribution in [0.1, 0.15) is 19.4 Å². The van der Waals surface area contributed by atoms with Crippen LogP contribution < -0.4 is 5.73 Å². The van der Waals surface area contributed by atoms with Crippen LogP contribution in [-0.4, -0.2) is 24.3 Å². The van der Waals surface area contributed by atoms with E-state index in [4.69, 9.17) is 10.5 Å². The molecule has 1 aromatic rings. The molecule has 0 unspecified atom stereocenters. The van der Waals surface area contributed by atoms with Gasteiger partial charge in [0.2, 0.25) is 0 Å². The van der Waals surface area contributed by atoms with Gasteiger partial charge in [0.15, 0.2) is 0 Å². The van der Waals surface area contributed by atoms with Crippen LogP contribution in [0.25, 0.3) is 0 Å². The second-order valence-electron chi connectivity index (χ2n) is 4.27. The van der Waals surface area contributed by atoms with E-state index in [1.54, 1.807) is 0 Å². The molecule has 86 valence electrons. The van der Waals surface area contributed by atoms with Crippen molar-refractivity contribution < 1.29 is 4.74 Å². The number of ether oxygens (including phenoxy) is 1. The fourth-order valence-electron chi connectivity index (χ4n) is 1.43. The van der Waals surface area contributed by atoms with Crippen LogP contribution in [0, 0.1) is 5.92 Å². The highest BCUT2D eigenvalue weighted by Crippen LogP contribution is 2.01. The number of aromatic nitrogens is 1. The molecule has 0 aliphatic rings. The van der Waals surface area contributed by atoms with E-state index in [-0.39, 0.29) is 0 Å². The first-order valence-electron chi connectivity index (χ1n) is 5.65. The summed E-state index contributed by atoms with van der Waals surface area (Å²) >= 11 is 0. The maximum Gasteiger partial charge on any atom is 0.0645 e. The minimum absolute atomic E-state index is 0.613. The number of nitrogens with two attached hydrogens (primary N) is 1. The number of hydrogen-bond donors (Lipinski definition) is 1.